The lowest BCUT2D eigenvalue weighted by atomic mass is 9.55. The molecular formula is C48H58N4O9. The summed E-state index contributed by atoms with van der Waals surface area (Å²) in [4.78, 5) is 35.3. The predicted octanol–water partition coefficient (Wildman–Crippen LogP) is 7.29. The average molecular weight is 835 g/mol. The van der Waals surface area contributed by atoms with Crippen LogP contribution in [0.4, 0.5) is 5.69 Å². The number of nitro groups is 1. The van der Waals surface area contributed by atoms with E-state index in [1.54, 1.807) is 36.2 Å². The molecule has 7 rings (SSSR count). The number of hydrogen-bond acceptors (Lipinski definition) is 11. The van der Waals surface area contributed by atoms with Gasteiger partial charge in [0.25, 0.3) is 5.69 Å². The molecule has 2 fully saturated rings. The van der Waals surface area contributed by atoms with Crippen LogP contribution in [-0.2, 0) is 21.0 Å². The van der Waals surface area contributed by atoms with Crippen LogP contribution in [0.5, 0.6) is 11.5 Å². The molecule has 3 aromatic carbocycles. The maximum atomic E-state index is 14.4. The zero-order valence-corrected chi connectivity index (χ0v) is 35.0. The highest BCUT2D eigenvalue weighted by Gasteiger charge is 2.65. The first-order valence-electron chi connectivity index (χ1n) is 21.5. The van der Waals surface area contributed by atoms with E-state index >= 15 is 0 Å². The number of likely N-dealkylation sites (N-methyl/N-ethyl adjacent to an activating group) is 1. The molecule has 2 aliphatic heterocycles. The van der Waals surface area contributed by atoms with Gasteiger partial charge in [-0.2, -0.15) is 0 Å². The maximum absolute atomic E-state index is 14.4. The quantitative estimate of drug-likeness (QED) is 0.0263. The monoisotopic (exact) mass is 834 g/mol. The Kier molecular flexibility index (Phi) is 14.7. The van der Waals surface area contributed by atoms with Crippen molar-refractivity contribution in [2.45, 2.75) is 69.3 Å². The van der Waals surface area contributed by atoms with E-state index in [-0.39, 0.29) is 62.2 Å². The number of amides is 1. The van der Waals surface area contributed by atoms with Gasteiger partial charge in [0, 0.05) is 76.0 Å². The summed E-state index contributed by atoms with van der Waals surface area (Å²) in [6, 6.07) is 21.2. The van der Waals surface area contributed by atoms with Crippen LogP contribution in [-0.4, -0.2) is 101 Å². The number of carbonyl (C=O) groups is 1. The molecule has 0 spiro atoms. The first-order valence-corrected chi connectivity index (χ1v) is 21.5. The van der Waals surface area contributed by atoms with E-state index in [9.17, 15) is 25.1 Å². The van der Waals surface area contributed by atoms with E-state index in [0.717, 1.165) is 67.8 Å². The summed E-state index contributed by atoms with van der Waals surface area (Å²) in [6.45, 7) is 8.19. The Labute approximate surface area is 358 Å². The molecule has 1 saturated carbocycles. The normalized spacial score (nSPS) is 24.6. The van der Waals surface area contributed by atoms with Crippen LogP contribution >= 0.6 is 0 Å². The van der Waals surface area contributed by atoms with Crippen LogP contribution in [0, 0.1) is 27.9 Å². The van der Waals surface area contributed by atoms with Crippen molar-refractivity contribution in [3.8, 4) is 11.5 Å². The maximum Gasteiger partial charge on any atom is 0.269 e. The molecule has 13 heteroatoms. The van der Waals surface area contributed by atoms with Crippen LogP contribution in [0.3, 0.4) is 0 Å². The Bertz CT molecular complexity index is 2070. The third-order valence-corrected chi connectivity index (χ3v) is 12.4. The molecule has 2 N–H and O–H groups in total. The van der Waals surface area contributed by atoms with Gasteiger partial charge in [-0.25, -0.2) is 0 Å². The molecule has 6 unspecified atom stereocenters. The Morgan fingerprint density at radius 1 is 1.05 bits per heavy atom. The van der Waals surface area contributed by atoms with Gasteiger partial charge in [0.1, 0.15) is 30.8 Å². The molecule has 4 aliphatic rings. The summed E-state index contributed by atoms with van der Waals surface area (Å²) < 4.78 is 20.6. The van der Waals surface area contributed by atoms with Gasteiger partial charge in [-0.3, -0.25) is 19.8 Å². The zero-order chi connectivity index (χ0) is 42.8. The van der Waals surface area contributed by atoms with Gasteiger partial charge in [0.05, 0.1) is 23.2 Å². The second-order valence-electron chi connectivity index (χ2n) is 16.4. The molecule has 2 aliphatic carbocycles. The number of unbranched alkanes of at least 4 members (excludes halogenated alkanes) is 2. The minimum atomic E-state index is -1.39. The van der Waals surface area contributed by atoms with Gasteiger partial charge in [0.15, 0.2) is 0 Å². The molecule has 3 aromatic rings. The topological polar surface area (TPSA) is 156 Å². The van der Waals surface area contributed by atoms with Crippen LogP contribution < -0.4 is 9.47 Å². The van der Waals surface area contributed by atoms with Gasteiger partial charge in [-0.05, 0) is 90.6 Å². The summed E-state index contributed by atoms with van der Waals surface area (Å²) >= 11 is 0. The van der Waals surface area contributed by atoms with Crippen LogP contribution in [0.1, 0.15) is 67.6 Å². The first kappa shape index (κ1) is 43.7. The van der Waals surface area contributed by atoms with Crippen molar-refractivity contribution in [3.63, 3.8) is 0 Å². The lowest BCUT2D eigenvalue weighted by molar-refractivity contribution is -0.384. The zero-order valence-electron chi connectivity index (χ0n) is 35.0. The lowest BCUT2D eigenvalue weighted by Gasteiger charge is -2.59. The predicted molar refractivity (Wildman–Crippen MR) is 233 cm³/mol. The second-order valence-corrected chi connectivity index (χ2v) is 16.4. The largest absolute Gasteiger partial charge is 0.492 e. The SMILES string of the molecule is C=CCOC12Oc3ccc(OCCN4CC4)cc3C3C(CCCCO)C(CCCCO)C=C(C(=NOCc4ccccc4)CC1N(C)C(=O)C=Cc1ccc([N+](=O)[O-])cc1)C32. The number of rotatable bonds is 22. The van der Waals surface area contributed by atoms with Gasteiger partial charge < -0.3 is 34.2 Å². The van der Waals surface area contributed by atoms with Gasteiger partial charge in [0.2, 0.25) is 11.7 Å². The summed E-state index contributed by atoms with van der Waals surface area (Å²) in [5.41, 5.74) is 4.21. The lowest BCUT2D eigenvalue weighted by Crippen LogP contribution is -2.69. The number of hydrogen-bond donors (Lipinski definition) is 2. The van der Waals surface area contributed by atoms with Crippen LogP contribution in [0.25, 0.3) is 6.08 Å². The molecule has 61 heavy (non-hydrogen) atoms. The van der Waals surface area contributed by atoms with Crippen molar-refractivity contribution < 1.29 is 39.0 Å². The summed E-state index contributed by atoms with van der Waals surface area (Å²) in [5, 5.41) is 35.9. The number of allylic oxidation sites excluding steroid dienone is 1. The molecule has 13 nitrogen and oxygen atoms in total. The molecule has 0 radical (unpaired) electrons. The number of fused-ring (bicyclic) bond motifs is 2. The third-order valence-electron chi connectivity index (χ3n) is 12.4. The summed E-state index contributed by atoms with van der Waals surface area (Å²) in [7, 11) is 1.74. The Morgan fingerprint density at radius 2 is 1.80 bits per heavy atom. The summed E-state index contributed by atoms with van der Waals surface area (Å²) in [5.74, 6) is -0.766. The number of non-ortho nitro benzene ring substituents is 1. The van der Waals surface area contributed by atoms with Gasteiger partial charge in [-0.1, -0.05) is 60.5 Å². The number of aliphatic hydroxyl groups excluding tert-OH is 2. The Hall–Kier alpha value is -5.34. The smallest absolute Gasteiger partial charge is 0.269 e. The van der Waals surface area contributed by atoms with Crippen LogP contribution in [0.2, 0.25) is 0 Å². The van der Waals surface area contributed by atoms with E-state index in [4.69, 9.17) is 24.2 Å². The number of oxime groups is 1. The van der Waals surface area contributed by atoms with E-state index < -0.39 is 22.7 Å². The van der Waals surface area contributed by atoms with E-state index in [1.807, 2.05) is 42.5 Å². The second kappa shape index (κ2) is 20.5. The highest BCUT2D eigenvalue weighted by molar-refractivity contribution is 6.03. The Balaban J connectivity index is 1.35. The van der Waals surface area contributed by atoms with Crippen molar-refractivity contribution in [2.24, 2.45) is 22.9 Å². The fraction of sp³-hybridized carbons (Fsp3) is 0.458. The fourth-order valence-corrected chi connectivity index (χ4v) is 9.31. The fourth-order valence-electron chi connectivity index (χ4n) is 9.31. The number of aliphatic hydroxyl groups is 2. The molecule has 0 bridgehead atoms. The number of ether oxygens (including phenoxy) is 3. The van der Waals surface area contributed by atoms with Crippen molar-refractivity contribution in [1.29, 1.82) is 0 Å². The number of nitro benzene ring substituents is 1. The molecule has 1 amide bonds. The van der Waals surface area contributed by atoms with E-state index in [0.29, 0.717) is 36.5 Å². The standard InChI is InChI=1S/C48H58N4O9/c1-3-28-59-48-44(50(2)45(55)22-17-34-15-18-37(19-16-34)52(56)57)32-42(49-60-33-35-11-5-4-6-12-35)40-30-36(13-7-9-26-53)39(14-8-10-27-54)46(47(40)48)41-31-38(20-21-43(41)61-48)58-29-25-51-23-24-51/h3-6,11-12,15-22,30-31,36,39,44,46-47,53-54H,1,7-10,13-14,23-29,32-33H2,2H3. The molecule has 0 aromatic heterocycles. The minimum Gasteiger partial charge on any atom is -0.492 e. The van der Waals surface area contributed by atoms with Crippen molar-refractivity contribution in [1.82, 2.24) is 9.80 Å². The highest BCUT2D eigenvalue weighted by atomic mass is 16.7. The van der Waals surface area contributed by atoms with E-state index in [1.165, 1.54) is 18.2 Å². The number of benzene rings is 3. The minimum absolute atomic E-state index is 0.0359. The van der Waals surface area contributed by atoms with Crippen molar-refractivity contribution in [2.75, 3.05) is 53.1 Å². The third kappa shape index (κ3) is 10.2. The molecule has 6 atom stereocenters. The highest BCUT2D eigenvalue weighted by Crippen LogP contribution is 2.61. The van der Waals surface area contributed by atoms with Crippen molar-refractivity contribution in [3.05, 3.63) is 130 Å². The Morgan fingerprint density at radius 3 is 2.51 bits per heavy atom. The molecular weight excluding hydrogens is 777 g/mol. The van der Waals surface area contributed by atoms with Crippen LogP contribution in [0.15, 0.2) is 108 Å². The molecule has 1 saturated heterocycles. The molecule has 324 valence electrons. The molecule has 2 heterocycles. The number of carbonyl (C=O) groups excluding carboxylic acids is 1. The van der Waals surface area contributed by atoms with Gasteiger partial charge in [-0.15, -0.1) is 6.58 Å². The summed E-state index contributed by atoms with van der Waals surface area (Å²) in [6.07, 6.45) is 12.0. The van der Waals surface area contributed by atoms with E-state index in [2.05, 4.69) is 23.6 Å². The average Bonchev–Trinajstić information content (AvgIpc) is 4.11. The first-order chi connectivity index (χ1) is 29.8. The van der Waals surface area contributed by atoms with Gasteiger partial charge >= 0.3 is 0 Å². The van der Waals surface area contributed by atoms with Crippen molar-refractivity contribution >= 4 is 23.4 Å². The number of nitrogens with zero attached hydrogens (tertiary/aromatic N) is 4.